The Morgan fingerprint density at radius 2 is 1.67 bits per heavy atom. The highest BCUT2D eigenvalue weighted by atomic mass is 35.5. The third-order valence-corrected chi connectivity index (χ3v) is 6.92. The molecule has 0 saturated carbocycles. The van der Waals surface area contributed by atoms with Gasteiger partial charge in [-0.1, -0.05) is 11.6 Å². The van der Waals surface area contributed by atoms with Gasteiger partial charge in [0.15, 0.2) is 11.5 Å². The first kappa shape index (κ1) is 22.8. The quantitative estimate of drug-likeness (QED) is 0.541. The van der Waals surface area contributed by atoms with E-state index in [1.807, 2.05) is 0 Å². The van der Waals surface area contributed by atoms with E-state index in [0.717, 1.165) is 4.31 Å². The van der Waals surface area contributed by atoms with Crippen LogP contribution >= 0.6 is 11.6 Å². The molecule has 4 rings (SSSR count). The smallest absolute Gasteiger partial charge is 0.264 e. The first-order chi connectivity index (χ1) is 15.9. The molecule has 0 saturated heterocycles. The highest BCUT2D eigenvalue weighted by Gasteiger charge is 2.27. The highest BCUT2D eigenvalue weighted by Crippen LogP contribution is 2.33. The molecule has 3 aromatic rings. The van der Waals surface area contributed by atoms with Crippen LogP contribution in [0, 0.1) is 0 Å². The third kappa shape index (κ3) is 5.15. The SMILES string of the molecule is COc1ccc(S(=O)(=O)N(CC(=O)Nc2ccc3c(c2)OCCO3)c2ccc(Cl)cc2)cc1. The number of nitrogens with one attached hydrogen (secondary N) is 1. The molecular weight excluding hydrogens is 468 g/mol. The molecule has 1 aliphatic heterocycles. The number of amides is 1. The summed E-state index contributed by atoms with van der Waals surface area (Å²) in [5.41, 5.74) is 0.759. The lowest BCUT2D eigenvalue weighted by Crippen LogP contribution is -2.38. The molecule has 0 aliphatic carbocycles. The summed E-state index contributed by atoms with van der Waals surface area (Å²) in [6.45, 7) is 0.414. The summed E-state index contributed by atoms with van der Waals surface area (Å²) >= 11 is 5.97. The van der Waals surface area contributed by atoms with Gasteiger partial charge in [-0.2, -0.15) is 0 Å². The van der Waals surface area contributed by atoms with E-state index in [2.05, 4.69) is 5.32 Å². The standard InChI is InChI=1S/C23H21ClN2O6S/c1-30-19-7-9-20(10-8-19)33(28,29)26(18-5-2-16(24)3-6-18)15-23(27)25-17-4-11-21-22(14-17)32-13-12-31-21/h2-11,14H,12-13,15H2,1H3,(H,25,27). The molecule has 0 bridgehead atoms. The Morgan fingerprint density at radius 1 is 1.00 bits per heavy atom. The number of sulfonamides is 1. The van der Waals surface area contributed by atoms with Crippen LogP contribution in [-0.2, 0) is 14.8 Å². The van der Waals surface area contributed by atoms with E-state index in [-0.39, 0.29) is 4.90 Å². The molecule has 172 valence electrons. The van der Waals surface area contributed by atoms with E-state index < -0.39 is 22.5 Å². The number of hydrogen-bond donors (Lipinski definition) is 1. The van der Waals surface area contributed by atoms with E-state index in [4.69, 9.17) is 25.8 Å². The van der Waals surface area contributed by atoms with Gasteiger partial charge in [-0.15, -0.1) is 0 Å². The Kier molecular flexibility index (Phi) is 6.62. The summed E-state index contributed by atoms with van der Waals surface area (Å²) in [5.74, 6) is 1.09. The molecule has 1 amide bonds. The van der Waals surface area contributed by atoms with Gasteiger partial charge in [-0.05, 0) is 60.7 Å². The van der Waals surface area contributed by atoms with Crippen LogP contribution in [0.1, 0.15) is 0 Å². The second-order valence-electron chi connectivity index (χ2n) is 7.07. The number of halogens is 1. The fourth-order valence-electron chi connectivity index (χ4n) is 3.25. The molecule has 10 heteroatoms. The maximum Gasteiger partial charge on any atom is 0.264 e. The second-order valence-corrected chi connectivity index (χ2v) is 9.37. The van der Waals surface area contributed by atoms with Crippen molar-refractivity contribution in [2.24, 2.45) is 0 Å². The summed E-state index contributed by atoms with van der Waals surface area (Å²) in [7, 11) is -2.57. The molecule has 0 atom stereocenters. The van der Waals surface area contributed by atoms with Crippen molar-refractivity contribution in [1.82, 2.24) is 0 Å². The minimum Gasteiger partial charge on any atom is -0.497 e. The van der Waals surface area contributed by atoms with Crippen LogP contribution in [-0.4, -0.2) is 41.2 Å². The van der Waals surface area contributed by atoms with E-state index in [1.54, 1.807) is 54.6 Å². The second kappa shape index (κ2) is 9.60. The van der Waals surface area contributed by atoms with Crippen LogP contribution in [0.2, 0.25) is 5.02 Å². The van der Waals surface area contributed by atoms with Crippen molar-refractivity contribution in [1.29, 1.82) is 0 Å². The third-order valence-electron chi connectivity index (χ3n) is 4.88. The minimum atomic E-state index is -4.06. The minimum absolute atomic E-state index is 0.0189. The molecule has 0 radical (unpaired) electrons. The maximum atomic E-state index is 13.4. The maximum absolute atomic E-state index is 13.4. The van der Waals surface area contributed by atoms with Gasteiger partial charge >= 0.3 is 0 Å². The molecule has 1 aliphatic rings. The summed E-state index contributed by atoms with van der Waals surface area (Å²) < 4.78 is 44.0. The summed E-state index contributed by atoms with van der Waals surface area (Å²) in [5, 5.41) is 3.16. The van der Waals surface area contributed by atoms with Crippen LogP contribution < -0.4 is 23.8 Å². The number of methoxy groups -OCH3 is 1. The monoisotopic (exact) mass is 488 g/mol. The van der Waals surface area contributed by atoms with Crippen molar-refractivity contribution in [3.8, 4) is 17.2 Å². The van der Waals surface area contributed by atoms with Gasteiger partial charge in [0.2, 0.25) is 5.91 Å². The molecular formula is C23H21ClN2O6S. The molecule has 0 spiro atoms. The van der Waals surface area contributed by atoms with Gasteiger partial charge < -0.3 is 19.5 Å². The average molecular weight is 489 g/mol. The summed E-state index contributed by atoms with van der Waals surface area (Å²) in [6.07, 6.45) is 0. The number of ether oxygens (including phenoxy) is 3. The van der Waals surface area contributed by atoms with Gasteiger partial charge in [-0.25, -0.2) is 8.42 Å². The number of hydrogen-bond acceptors (Lipinski definition) is 6. The molecule has 1 heterocycles. The molecule has 0 unspecified atom stereocenters. The lowest BCUT2D eigenvalue weighted by atomic mass is 10.2. The Labute approximate surface area is 196 Å². The number of anilines is 2. The first-order valence-electron chi connectivity index (χ1n) is 9.99. The zero-order chi connectivity index (χ0) is 23.4. The Morgan fingerprint density at radius 3 is 2.33 bits per heavy atom. The zero-order valence-electron chi connectivity index (χ0n) is 17.7. The van der Waals surface area contributed by atoms with Gasteiger partial charge in [0.1, 0.15) is 25.5 Å². The number of benzene rings is 3. The van der Waals surface area contributed by atoms with E-state index >= 15 is 0 Å². The first-order valence-corrected chi connectivity index (χ1v) is 11.8. The van der Waals surface area contributed by atoms with Crippen molar-refractivity contribution in [2.45, 2.75) is 4.90 Å². The predicted molar refractivity (Wildman–Crippen MR) is 125 cm³/mol. The lowest BCUT2D eigenvalue weighted by Gasteiger charge is -2.24. The van der Waals surface area contributed by atoms with Crippen LogP contribution in [0.15, 0.2) is 71.6 Å². The highest BCUT2D eigenvalue weighted by molar-refractivity contribution is 7.92. The van der Waals surface area contributed by atoms with E-state index in [9.17, 15) is 13.2 Å². The number of carbonyl (C=O) groups is 1. The fourth-order valence-corrected chi connectivity index (χ4v) is 4.80. The van der Waals surface area contributed by atoms with E-state index in [1.165, 1.54) is 19.2 Å². The molecule has 33 heavy (non-hydrogen) atoms. The lowest BCUT2D eigenvalue weighted by molar-refractivity contribution is -0.114. The van der Waals surface area contributed by atoms with Crippen molar-refractivity contribution in [3.63, 3.8) is 0 Å². The zero-order valence-corrected chi connectivity index (χ0v) is 19.2. The Balaban J connectivity index is 1.60. The number of carbonyl (C=O) groups excluding carboxylic acids is 1. The van der Waals surface area contributed by atoms with Gasteiger partial charge in [0, 0.05) is 16.8 Å². The topological polar surface area (TPSA) is 94.2 Å². The Bertz CT molecular complexity index is 1250. The molecule has 0 fully saturated rings. The van der Waals surface area contributed by atoms with Crippen molar-refractivity contribution in [3.05, 3.63) is 71.8 Å². The molecule has 3 aromatic carbocycles. The normalized spacial score (nSPS) is 12.7. The Hall–Kier alpha value is -3.43. The number of rotatable bonds is 7. The van der Waals surface area contributed by atoms with E-state index in [0.29, 0.717) is 46.9 Å². The molecule has 0 aromatic heterocycles. The van der Waals surface area contributed by atoms with Gasteiger partial charge in [0.05, 0.1) is 17.7 Å². The van der Waals surface area contributed by atoms with Crippen LogP contribution in [0.25, 0.3) is 0 Å². The predicted octanol–water partition coefficient (Wildman–Crippen LogP) is 3.95. The summed E-state index contributed by atoms with van der Waals surface area (Å²) in [4.78, 5) is 12.9. The fraction of sp³-hybridized carbons (Fsp3) is 0.174. The van der Waals surface area contributed by atoms with Crippen LogP contribution in [0.5, 0.6) is 17.2 Å². The molecule has 8 nitrogen and oxygen atoms in total. The largest absolute Gasteiger partial charge is 0.497 e. The van der Waals surface area contributed by atoms with Crippen molar-refractivity contribution >= 4 is 38.9 Å². The van der Waals surface area contributed by atoms with Crippen LogP contribution in [0.4, 0.5) is 11.4 Å². The number of nitrogens with zero attached hydrogens (tertiary/aromatic N) is 1. The molecule has 1 N–H and O–H groups in total. The van der Waals surface area contributed by atoms with Crippen molar-refractivity contribution < 1.29 is 27.4 Å². The van der Waals surface area contributed by atoms with Crippen LogP contribution in [0.3, 0.4) is 0 Å². The van der Waals surface area contributed by atoms with Gasteiger partial charge in [0.25, 0.3) is 10.0 Å². The average Bonchev–Trinajstić information content (AvgIpc) is 2.83. The number of fused-ring (bicyclic) bond motifs is 1. The summed E-state index contributed by atoms with van der Waals surface area (Å²) in [6, 6.07) is 17.1. The van der Waals surface area contributed by atoms with Gasteiger partial charge in [-0.3, -0.25) is 9.10 Å². The van der Waals surface area contributed by atoms with Crippen molar-refractivity contribution in [2.75, 3.05) is 36.5 Å².